The van der Waals surface area contributed by atoms with E-state index in [4.69, 9.17) is 11.6 Å². The van der Waals surface area contributed by atoms with E-state index < -0.39 is 12.6 Å². The van der Waals surface area contributed by atoms with Crippen LogP contribution in [0.15, 0.2) is 18.7 Å². The van der Waals surface area contributed by atoms with E-state index in [1.807, 2.05) is 19.1 Å². The summed E-state index contributed by atoms with van der Waals surface area (Å²) in [6.07, 6.45) is 2.56. The van der Waals surface area contributed by atoms with Crippen LogP contribution in [0.2, 0.25) is 5.15 Å². The van der Waals surface area contributed by atoms with Crippen molar-refractivity contribution in [1.29, 1.82) is 0 Å². The number of rotatable bonds is 9. The number of halogens is 4. The van der Waals surface area contributed by atoms with Crippen molar-refractivity contribution < 1.29 is 18.3 Å². The third-order valence-corrected chi connectivity index (χ3v) is 6.54. The fourth-order valence-corrected chi connectivity index (χ4v) is 4.85. The molecule has 2 atom stereocenters. The molecule has 2 aromatic heterocycles. The molecule has 1 aliphatic carbocycles. The number of hydrogen-bond donors (Lipinski definition) is 3. The molecule has 0 bridgehead atoms. The number of aromatic nitrogens is 3. The maximum atomic E-state index is 12.5. The van der Waals surface area contributed by atoms with Gasteiger partial charge in [-0.25, -0.2) is 9.97 Å². The number of nitrogens with zero attached hydrogens (tertiary/aromatic N) is 3. The summed E-state index contributed by atoms with van der Waals surface area (Å²) in [4.78, 5) is 14.1. The summed E-state index contributed by atoms with van der Waals surface area (Å²) in [5.41, 5.74) is 1.31. The Morgan fingerprint density at radius 3 is 2.72 bits per heavy atom. The Kier molecular flexibility index (Phi) is 8.13. The van der Waals surface area contributed by atoms with Crippen LogP contribution in [0.3, 0.4) is 0 Å². The minimum absolute atomic E-state index is 0.0160. The molecule has 174 valence electrons. The number of anilines is 2. The molecule has 3 N–H and O–H groups in total. The second-order valence-electron chi connectivity index (χ2n) is 7.62. The van der Waals surface area contributed by atoms with Crippen molar-refractivity contribution in [3.63, 3.8) is 0 Å². The predicted molar refractivity (Wildman–Crippen MR) is 123 cm³/mol. The molecular weight excluding hydrogens is 463 g/mol. The van der Waals surface area contributed by atoms with Crippen molar-refractivity contribution in [2.75, 3.05) is 23.8 Å². The Labute approximate surface area is 193 Å². The van der Waals surface area contributed by atoms with E-state index in [1.54, 1.807) is 6.08 Å². The maximum Gasteiger partial charge on any atom is 0.390 e. The van der Waals surface area contributed by atoms with Gasteiger partial charge in [-0.2, -0.15) is 18.2 Å². The van der Waals surface area contributed by atoms with Gasteiger partial charge in [-0.3, -0.25) is 0 Å². The van der Waals surface area contributed by atoms with Crippen LogP contribution in [-0.4, -0.2) is 45.4 Å². The van der Waals surface area contributed by atoms with E-state index in [0.717, 1.165) is 29.8 Å². The number of thiazole rings is 1. The lowest BCUT2D eigenvalue weighted by atomic mass is 10.1. The topological polar surface area (TPSA) is 83.0 Å². The zero-order valence-electron chi connectivity index (χ0n) is 17.5. The van der Waals surface area contributed by atoms with Crippen molar-refractivity contribution in [1.82, 2.24) is 15.0 Å². The number of allylic oxidation sites excluding steroid dienone is 2. The zero-order chi connectivity index (χ0) is 23.3. The lowest BCUT2D eigenvalue weighted by molar-refractivity contribution is -0.131. The molecule has 3 rings (SSSR count). The smallest absolute Gasteiger partial charge is 0.390 e. The van der Waals surface area contributed by atoms with E-state index in [1.165, 1.54) is 11.3 Å². The largest absolute Gasteiger partial charge is 0.396 e. The molecule has 32 heavy (non-hydrogen) atoms. The first-order chi connectivity index (χ1) is 15.2. The summed E-state index contributed by atoms with van der Waals surface area (Å²) in [6, 6.07) is 0.0566. The maximum absolute atomic E-state index is 12.5. The van der Waals surface area contributed by atoms with Gasteiger partial charge in [0.2, 0.25) is 5.95 Å². The summed E-state index contributed by atoms with van der Waals surface area (Å²) < 4.78 is 37.5. The number of alkyl halides is 3. The highest BCUT2D eigenvalue weighted by Crippen LogP contribution is 2.39. The van der Waals surface area contributed by atoms with Gasteiger partial charge in [-0.05, 0) is 38.2 Å². The van der Waals surface area contributed by atoms with E-state index >= 15 is 0 Å². The van der Waals surface area contributed by atoms with E-state index in [9.17, 15) is 18.3 Å². The monoisotopic (exact) mass is 487 g/mol. The first-order valence-electron chi connectivity index (χ1n) is 10.2. The quantitative estimate of drug-likeness (QED) is 0.311. The Hall–Kier alpha value is -2.17. The first-order valence-corrected chi connectivity index (χ1v) is 11.4. The van der Waals surface area contributed by atoms with E-state index in [0.29, 0.717) is 16.4 Å². The molecule has 2 heterocycles. The molecule has 0 spiro atoms. The fourth-order valence-electron chi connectivity index (χ4n) is 3.51. The van der Waals surface area contributed by atoms with Crippen molar-refractivity contribution >= 4 is 40.8 Å². The number of aliphatic hydroxyl groups is 1. The molecular formula is C21H25ClF3N5OS. The number of aryl methyl sites for hydroxylation is 1. The van der Waals surface area contributed by atoms with Crippen molar-refractivity contribution in [2.45, 2.75) is 44.8 Å². The Morgan fingerprint density at radius 2 is 2.06 bits per heavy atom. The molecule has 2 unspecified atom stereocenters. The molecule has 11 heteroatoms. The van der Waals surface area contributed by atoms with Gasteiger partial charge in [0.05, 0.1) is 22.6 Å². The van der Waals surface area contributed by atoms with Crippen LogP contribution in [0, 0.1) is 12.8 Å². The molecule has 1 fully saturated rings. The predicted octanol–water partition coefficient (Wildman–Crippen LogP) is 5.70. The summed E-state index contributed by atoms with van der Waals surface area (Å²) in [5.74, 6) is 0.633. The van der Waals surface area contributed by atoms with Crippen LogP contribution < -0.4 is 10.6 Å². The lowest BCUT2D eigenvalue weighted by Gasteiger charge is -2.18. The molecule has 0 radical (unpaired) electrons. The van der Waals surface area contributed by atoms with Gasteiger partial charge < -0.3 is 15.7 Å². The summed E-state index contributed by atoms with van der Waals surface area (Å²) >= 11 is 7.90. The number of aliphatic hydroxyl groups excluding tert-OH is 1. The summed E-state index contributed by atoms with van der Waals surface area (Å²) in [5, 5.41) is 16.1. The van der Waals surface area contributed by atoms with Crippen molar-refractivity contribution in [3.8, 4) is 10.6 Å². The van der Waals surface area contributed by atoms with Gasteiger partial charge >= 0.3 is 6.18 Å². The zero-order valence-corrected chi connectivity index (χ0v) is 19.1. The van der Waals surface area contributed by atoms with E-state index in [2.05, 4.69) is 32.2 Å². The van der Waals surface area contributed by atoms with Gasteiger partial charge in [0.25, 0.3) is 0 Å². The second kappa shape index (κ2) is 10.6. The Bertz CT molecular complexity index is 979. The first kappa shape index (κ1) is 24.5. The van der Waals surface area contributed by atoms with Crippen LogP contribution in [0.5, 0.6) is 0 Å². The molecule has 1 saturated carbocycles. The molecule has 1 aliphatic rings. The molecule has 0 amide bonds. The Morgan fingerprint density at radius 1 is 1.28 bits per heavy atom. The summed E-state index contributed by atoms with van der Waals surface area (Å²) in [7, 11) is 0. The number of hydrogen-bond acceptors (Lipinski definition) is 7. The van der Waals surface area contributed by atoms with Crippen LogP contribution in [-0.2, 0) is 0 Å². The average Bonchev–Trinajstić information content (AvgIpc) is 3.31. The highest BCUT2D eigenvalue weighted by Gasteiger charge is 2.28. The molecule has 6 nitrogen and oxygen atoms in total. The van der Waals surface area contributed by atoms with Crippen LogP contribution in [0.25, 0.3) is 16.6 Å². The van der Waals surface area contributed by atoms with Crippen LogP contribution in [0.1, 0.15) is 36.3 Å². The second-order valence-corrected chi connectivity index (χ2v) is 9.01. The molecule has 0 saturated heterocycles. The van der Waals surface area contributed by atoms with Crippen LogP contribution in [0.4, 0.5) is 24.9 Å². The fraction of sp³-hybridized carbons (Fsp3) is 0.476. The normalized spacial score (nSPS) is 18.9. The minimum atomic E-state index is -4.28. The van der Waals surface area contributed by atoms with Crippen LogP contribution >= 0.6 is 22.9 Å². The van der Waals surface area contributed by atoms with E-state index in [-0.39, 0.29) is 36.2 Å². The van der Waals surface area contributed by atoms with Gasteiger partial charge in [-0.15, -0.1) is 11.3 Å². The van der Waals surface area contributed by atoms with Gasteiger partial charge in [0, 0.05) is 19.2 Å². The molecule has 0 aromatic carbocycles. The highest BCUT2D eigenvalue weighted by atomic mass is 35.5. The van der Waals surface area contributed by atoms with Gasteiger partial charge in [0.15, 0.2) is 0 Å². The molecule has 2 aromatic rings. The third-order valence-electron chi connectivity index (χ3n) is 5.13. The van der Waals surface area contributed by atoms with Crippen molar-refractivity contribution in [2.24, 2.45) is 5.92 Å². The Balaban J connectivity index is 1.93. The van der Waals surface area contributed by atoms with Gasteiger partial charge in [0.1, 0.15) is 16.0 Å². The number of nitrogens with one attached hydrogen (secondary N) is 2. The molecule has 0 aliphatic heterocycles. The highest BCUT2D eigenvalue weighted by molar-refractivity contribution is 7.16. The lowest BCUT2D eigenvalue weighted by Crippen LogP contribution is -2.20. The van der Waals surface area contributed by atoms with Crippen molar-refractivity contribution in [3.05, 3.63) is 34.5 Å². The summed E-state index contributed by atoms with van der Waals surface area (Å²) in [6.45, 7) is 5.30. The minimum Gasteiger partial charge on any atom is -0.396 e. The van der Waals surface area contributed by atoms with Gasteiger partial charge in [-0.1, -0.05) is 30.3 Å². The average molecular weight is 488 g/mol. The SMILES string of the molecule is C=C/C=C\c1sc(-c2c(Cl)nc(NCCC(F)(F)F)nc2NC2CCC(CO)C2)nc1C. The third kappa shape index (κ3) is 6.43. The standard InChI is InChI=1S/C21H25ClF3N5OS/c1-3-4-5-15-12(2)27-19(32-15)16-17(22)29-20(26-9-8-21(23,24)25)30-18(16)28-14-7-6-13(10-14)11-31/h3-5,13-14,31H,1,6-11H2,2H3,(H2,26,28,29,30)/b5-4-.